The van der Waals surface area contributed by atoms with Crippen molar-refractivity contribution in [3.05, 3.63) is 34.9 Å². The minimum absolute atomic E-state index is 0.00665. The molecule has 0 aliphatic carbocycles. The Labute approximate surface area is 184 Å². The number of carbonyl (C=O) groups is 1. The van der Waals surface area contributed by atoms with Crippen LogP contribution in [0.2, 0.25) is 0 Å². The number of carboxylic acids is 1. The van der Waals surface area contributed by atoms with E-state index in [1.165, 1.54) is 11.8 Å². The van der Waals surface area contributed by atoms with Crippen LogP contribution in [-0.4, -0.2) is 58.2 Å². The van der Waals surface area contributed by atoms with Crippen molar-refractivity contribution in [1.82, 2.24) is 19.9 Å². The number of nitrogens with one attached hydrogen (secondary N) is 1. The number of fused-ring (bicyclic) bond motifs is 1. The third-order valence-corrected chi connectivity index (χ3v) is 6.41. The molecule has 12 heteroatoms. The number of thiocarbonyl (C=S) groups is 1. The maximum Gasteiger partial charge on any atom is 0.303 e. The number of nitrogens with zero attached hydrogens (tertiary/aromatic N) is 3. The Morgan fingerprint density at radius 3 is 2.97 bits per heavy atom. The highest BCUT2D eigenvalue weighted by Gasteiger charge is 2.32. The number of rotatable bonds is 7. The highest BCUT2D eigenvalue weighted by atomic mass is 32.2. The Morgan fingerprint density at radius 2 is 2.20 bits per heavy atom. The van der Waals surface area contributed by atoms with E-state index in [4.69, 9.17) is 21.7 Å². The number of aromatic nitrogens is 3. The van der Waals surface area contributed by atoms with Gasteiger partial charge in [-0.15, -0.1) is 0 Å². The first-order valence-electron chi connectivity index (χ1n) is 8.83. The first kappa shape index (κ1) is 20.7. The lowest BCUT2D eigenvalue weighted by atomic mass is 10.3. The summed E-state index contributed by atoms with van der Waals surface area (Å²) in [6.07, 6.45) is 0.915. The molecule has 0 amide bonds. The Balaban J connectivity index is 1.48. The number of aromatic hydroxyl groups is 1. The number of para-hydroxylation sites is 2. The molecule has 0 spiro atoms. The van der Waals surface area contributed by atoms with Crippen LogP contribution in [0.3, 0.4) is 0 Å². The van der Waals surface area contributed by atoms with Gasteiger partial charge in [0, 0.05) is 29.6 Å². The third kappa shape index (κ3) is 4.46. The molecule has 0 radical (unpaired) electrons. The summed E-state index contributed by atoms with van der Waals surface area (Å²) in [5, 5.41) is 30.2. The van der Waals surface area contributed by atoms with Crippen LogP contribution in [0.15, 0.2) is 44.0 Å². The van der Waals surface area contributed by atoms with Gasteiger partial charge in [-0.25, -0.2) is 4.98 Å². The van der Waals surface area contributed by atoms with E-state index in [-0.39, 0.29) is 12.3 Å². The largest absolute Gasteiger partial charge is 0.492 e. The summed E-state index contributed by atoms with van der Waals surface area (Å²) in [6.45, 7) is 0.324. The molecule has 3 aromatic rings. The van der Waals surface area contributed by atoms with Gasteiger partial charge >= 0.3 is 5.97 Å². The molecule has 1 saturated heterocycles. The smallest absolute Gasteiger partial charge is 0.303 e. The molecule has 2 aromatic heterocycles. The summed E-state index contributed by atoms with van der Waals surface area (Å²) >= 11 is 7.59. The number of hydrogen-bond acceptors (Lipinski definition) is 9. The van der Waals surface area contributed by atoms with Gasteiger partial charge in [-0.2, -0.15) is 4.98 Å². The molecule has 30 heavy (non-hydrogen) atoms. The van der Waals surface area contributed by atoms with Crippen molar-refractivity contribution in [3.8, 4) is 5.88 Å². The molecule has 1 unspecified atom stereocenters. The van der Waals surface area contributed by atoms with Gasteiger partial charge in [0.25, 0.3) is 5.22 Å². The second-order valence-electron chi connectivity index (χ2n) is 6.31. The van der Waals surface area contributed by atoms with E-state index in [0.717, 1.165) is 17.3 Å². The van der Waals surface area contributed by atoms with Crippen LogP contribution in [-0.2, 0) is 4.79 Å². The van der Waals surface area contributed by atoms with E-state index >= 15 is 0 Å². The number of oxazole rings is 1. The Morgan fingerprint density at radius 1 is 1.40 bits per heavy atom. The number of thioether (sulfide) groups is 1. The SMILES string of the molecule is O=C(O)CCCN1C(=S)S/C(=C/c2[nH]c(Sc3nc4ccccc4o3)nc2O)C1O. The van der Waals surface area contributed by atoms with Crippen LogP contribution in [0.25, 0.3) is 17.2 Å². The highest BCUT2D eigenvalue weighted by Crippen LogP contribution is 2.37. The molecule has 4 N–H and O–H groups in total. The van der Waals surface area contributed by atoms with Crippen molar-refractivity contribution in [2.45, 2.75) is 29.4 Å². The first-order chi connectivity index (χ1) is 14.4. The lowest BCUT2D eigenvalue weighted by Gasteiger charge is -2.20. The van der Waals surface area contributed by atoms with Gasteiger partial charge < -0.3 is 29.6 Å². The van der Waals surface area contributed by atoms with Gasteiger partial charge in [-0.1, -0.05) is 36.1 Å². The molecule has 1 atom stereocenters. The van der Waals surface area contributed by atoms with Gasteiger partial charge in [-0.05, 0) is 24.6 Å². The monoisotopic (exact) mass is 464 g/mol. The molecule has 3 heterocycles. The quantitative estimate of drug-likeness (QED) is 0.384. The van der Waals surface area contributed by atoms with Crippen molar-refractivity contribution < 1.29 is 24.5 Å². The van der Waals surface area contributed by atoms with Crippen molar-refractivity contribution in [3.63, 3.8) is 0 Å². The van der Waals surface area contributed by atoms with E-state index in [1.807, 2.05) is 24.3 Å². The van der Waals surface area contributed by atoms with Gasteiger partial charge in [0.2, 0.25) is 5.88 Å². The predicted molar refractivity (Wildman–Crippen MR) is 116 cm³/mol. The number of benzene rings is 1. The Bertz CT molecular complexity index is 1110. The average molecular weight is 465 g/mol. The number of aliphatic hydroxyl groups is 1. The summed E-state index contributed by atoms with van der Waals surface area (Å²) in [5.41, 5.74) is 1.69. The third-order valence-electron chi connectivity index (χ3n) is 4.21. The number of hydrogen-bond donors (Lipinski definition) is 4. The molecule has 0 bridgehead atoms. The van der Waals surface area contributed by atoms with Crippen LogP contribution in [0.4, 0.5) is 0 Å². The van der Waals surface area contributed by atoms with Crippen LogP contribution in [0, 0.1) is 0 Å². The standard InChI is InChI=1S/C18H16N4O5S3/c23-13(24)6-3-7-22-15(26)12(29-18(22)28)8-10-14(25)21-16(19-10)30-17-20-9-4-1-2-5-11(9)27-17/h1-2,4-5,8,15,25-26H,3,6-7H2,(H,19,21)(H,23,24)/b12-8+. The van der Waals surface area contributed by atoms with Gasteiger partial charge in [-0.3, -0.25) is 4.79 Å². The zero-order valence-corrected chi connectivity index (χ0v) is 17.8. The second-order valence-corrected chi connectivity index (χ2v) is 8.96. The van der Waals surface area contributed by atoms with Gasteiger partial charge in [0.15, 0.2) is 17.0 Å². The molecule has 1 aliphatic heterocycles. The van der Waals surface area contributed by atoms with Crippen molar-refractivity contribution >= 4 is 63.2 Å². The summed E-state index contributed by atoms with van der Waals surface area (Å²) in [4.78, 5) is 24.1. The molecular formula is C18H16N4O5S3. The summed E-state index contributed by atoms with van der Waals surface area (Å²) in [6, 6.07) is 7.36. The first-order valence-corrected chi connectivity index (χ1v) is 10.9. The summed E-state index contributed by atoms with van der Waals surface area (Å²) < 4.78 is 6.08. The highest BCUT2D eigenvalue weighted by molar-refractivity contribution is 8.25. The maximum absolute atomic E-state index is 10.7. The molecular weight excluding hydrogens is 448 g/mol. The lowest BCUT2D eigenvalue weighted by molar-refractivity contribution is -0.137. The fraction of sp³-hybridized carbons (Fsp3) is 0.222. The van der Waals surface area contributed by atoms with Crippen LogP contribution in [0.5, 0.6) is 5.88 Å². The number of aliphatic hydroxyl groups excluding tert-OH is 1. The maximum atomic E-state index is 10.7. The molecule has 1 aromatic carbocycles. The van der Waals surface area contributed by atoms with Crippen LogP contribution < -0.4 is 0 Å². The minimum atomic E-state index is -1.01. The van der Waals surface area contributed by atoms with Crippen molar-refractivity contribution in [2.75, 3.05) is 6.54 Å². The number of aliphatic carboxylic acids is 1. The molecule has 1 fully saturated rings. The number of imidazole rings is 1. The number of carboxylic acid groups (broad SMARTS) is 1. The van der Waals surface area contributed by atoms with Gasteiger partial charge in [0.1, 0.15) is 15.5 Å². The van der Waals surface area contributed by atoms with Crippen LogP contribution in [0.1, 0.15) is 18.5 Å². The van der Waals surface area contributed by atoms with Crippen LogP contribution >= 0.6 is 35.7 Å². The Kier molecular flexibility index (Phi) is 5.99. The fourth-order valence-corrected chi connectivity index (χ4v) is 4.94. The van der Waals surface area contributed by atoms with Gasteiger partial charge in [0.05, 0.1) is 0 Å². The Hall–Kier alpha value is -2.54. The fourth-order valence-electron chi connectivity index (χ4n) is 2.81. The zero-order valence-electron chi connectivity index (χ0n) is 15.3. The second kappa shape index (κ2) is 8.68. The number of H-pyrrole nitrogens is 1. The van der Waals surface area contributed by atoms with E-state index in [0.29, 0.717) is 43.8 Å². The molecule has 4 rings (SSSR count). The topological polar surface area (TPSA) is 136 Å². The molecule has 0 saturated carbocycles. The van der Waals surface area contributed by atoms with Crippen molar-refractivity contribution in [2.24, 2.45) is 0 Å². The molecule has 1 aliphatic rings. The summed E-state index contributed by atoms with van der Waals surface area (Å²) in [5.74, 6) is -1.13. The lowest BCUT2D eigenvalue weighted by Crippen LogP contribution is -2.33. The van der Waals surface area contributed by atoms with E-state index in [2.05, 4.69) is 15.0 Å². The predicted octanol–water partition coefficient (Wildman–Crippen LogP) is 3.27. The van der Waals surface area contributed by atoms with E-state index < -0.39 is 12.2 Å². The minimum Gasteiger partial charge on any atom is -0.492 e. The van der Waals surface area contributed by atoms with E-state index in [1.54, 1.807) is 11.0 Å². The summed E-state index contributed by atoms with van der Waals surface area (Å²) in [7, 11) is 0. The normalized spacial score (nSPS) is 18.0. The molecule has 9 nitrogen and oxygen atoms in total. The zero-order chi connectivity index (χ0) is 21.3. The average Bonchev–Trinajstić information content (AvgIpc) is 3.33. The van der Waals surface area contributed by atoms with Crippen molar-refractivity contribution in [1.29, 1.82) is 0 Å². The number of aromatic amines is 1. The van der Waals surface area contributed by atoms with E-state index in [9.17, 15) is 15.0 Å². The molecule has 156 valence electrons.